The maximum Gasteiger partial charge on any atom is 0.266 e. The van der Waals surface area contributed by atoms with Gasteiger partial charge in [0, 0.05) is 5.69 Å². The predicted octanol–water partition coefficient (Wildman–Crippen LogP) is 6.14. The average Bonchev–Trinajstić information content (AvgIpc) is 2.82. The SMILES string of the molecule is C=CCOc1ccc(/C=C(\C#N)C(=O)Nc2ccc(OCc3ccccc3)cc2)cc1Br. The maximum absolute atomic E-state index is 12.6. The molecule has 3 rings (SSSR count). The number of nitrogens with one attached hydrogen (secondary N) is 1. The normalized spacial score (nSPS) is 10.7. The highest BCUT2D eigenvalue weighted by atomic mass is 79.9. The lowest BCUT2D eigenvalue weighted by Crippen LogP contribution is -2.13. The molecule has 0 heterocycles. The summed E-state index contributed by atoms with van der Waals surface area (Å²) in [6, 6.07) is 24.1. The molecular formula is C26H21BrN2O3. The van der Waals surface area contributed by atoms with Crippen molar-refractivity contribution in [2.24, 2.45) is 0 Å². The van der Waals surface area contributed by atoms with Crippen LogP contribution in [0.1, 0.15) is 11.1 Å². The van der Waals surface area contributed by atoms with Gasteiger partial charge in [-0.15, -0.1) is 0 Å². The van der Waals surface area contributed by atoms with E-state index < -0.39 is 5.91 Å². The molecule has 0 radical (unpaired) electrons. The topological polar surface area (TPSA) is 71.3 Å². The molecule has 0 saturated carbocycles. The Labute approximate surface area is 195 Å². The van der Waals surface area contributed by atoms with Gasteiger partial charge in [0.15, 0.2) is 0 Å². The highest BCUT2D eigenvalue weighted by Crippen LogP contribution is 2.27. The van der Waals surface area contributed by atoms with Crippen molar-refractivity contribution < 1.29 is 14.3 Å². The van der Waals surface area contributed by atoms with E-state index >= 15 is 0 Å². The Kier molecular flexibility index (Phi) is 8.24. The van der Waals surface area contributed by atoms with E-state index in [2.05, 4.69) is 27.8 Å². The number of hydrogen-bond acceptors (Lipinski definition) is 4. The number of benzene rings is 3. The summed E-state index contributed by atoms with van der Waals surface area (Å²) >= 11 is 3.43. The molecule has 0 unspecified atom stereocenters. The van der Waals surface area contributed by atoms with Crippen molar-refractivity contribution >= 4 is 33.6 Å². The number of nitrogens with zero attached hydrogens (tertiary/aromatic N) is 1. The van der Waals surface area contributed by atoms with Gasteiger partial charge in [0.25, 0.3) is 5.91 Å². The molecule has 0 saturated heterocycles. The lowest BCUT2D eigenvalue weighted by atomic mass is 10.1. The van der Waals surface area contributed by atoms with Gasteiger partial charge in [-0.3, -0.25) is 4.79 Å². The first kappa shape index (κ1) is 22.9. The fourth-order valence-electron chi connectivity index (χ4n) is 2.76. The van der Waals surface area contributed by atoms with Crippen LogP contribution in [-0.4, -0.2) is 12.5 Å². The molecule has 6 heteroatoms. The van der Waals surface area contributed by atoms with Crippen LogP contribution in [0.3, 0.4) is 0 Å². The van der Waals surface area contributed by atoms with E-state index in [1.54, 1.807) is 48.5 Å². The Hall–Kier alpha value is -3.82. The second-order valence-electron chi connectivity index (χ2n) is 6.71. The molecule has 160 valence electrons. The van der Waals surface area contributed by atoms with Crippen molar-refractivity contribution in [2.75, 3.05) is 11.9 Å². The van der Waals surface area contributed by atoms with Gasteiger partial charge < -0.3 is 14.8 Å². The molecule has 32 heavy (non-hydrogen) atoms. The Balaban J connectivity index is 1.62. The van der Waals surface area contributed by atoms with Crippen LogP contribution in [0.15, 0.2) is 95.5 Å². The van der Waals surface area contributed by atoms with E-state index in [1.807, 2.05) is 36.4 Å². The highest BCUT2D eigenvalue weighted by molar-refractivity contribution is 9.10. The maximum atomic E-state index is 12.6. The third kappa shape index (κ3) is 6.59. The number of hydrogen-bond donors (Lipinski definition) is 1. The van der Waals surface area contributed by atoms with Crippen molar-refractivity contribution in [1.29, 1.82) is 5.26 Å². The van der Waals surface area contributed by atoms with Crippen molar-refractivity contribution in [3.63, 3.8) is 0 Å². The Morgan fingerprint density at radius 2 is 1.81 bits per heavy atom. The molecule has 0 aliphatic rings. The zero-order chi connectivity index (χ0) is 22.8. The van der Waals surface area contributed by atoms with E-state index in [1.165, 1.54) is 6.08 Å². The van der Waals surface area contributed by atoms with E-state index in [0.29, 0.717) is 36.0 Å². The van der Waals surface area contributed by atoms with Crippen molar-refractivity contribution in [2.45, 2.75) is 6.61 Å². The first-order chi connectivity index (χ1) is 15.6. The van der Waals surface area contributed by atoms with Crippen LogP contribution in [0, 0.1) is 11.3 Å². The summed E-state index contributed by atoms with van der Waals surface area (Å²) in [5.41, 5.74) is 2.32. The molecule has 0 fully saturated rings. The summed E-state index contributed by atoms with van der Waals surface area (Å²) in [7, 11) is 0. The second-order valence-corrected chi connectivity index (χ2v) is 7.57. The van der Waals surface area contributed by atoms with Crippen LogP contribution < -0.4 is 14.8 Å². The number of ether oxygens (including phenoxy) is 2. The lowest BCUT2D eigenvalue weighted by Gasteiger charge is -2.09. The Morgan fingerprint density at radius 3 is 2.47 bits per heavy atom. The third-order valence-electron chi connectivity index (χ3n) is 4.35. The van der Waals surface area contributed by atoms with Crippen LogP contribution in [0.25, 0.3) is 6.08 Å². The quantitative estimate of drug-likeness (QED) is 0.223. The van der Waals surface area contributed by atoms with Gasteiger partial charge in [0.05, 0.1) is 4.47 Å². The molecule has 3 aromatic rings. The van der Waals surface area contributed by atoms with Gasteiger partial charge in [-0.25, -0.2) is 0 Å². The van der Waals surface area contributed by atoms with Crippen molar-refractivity contribution in [1.82, 2.24) is 0 Å². The van der Waals surface area contributed by atoms with Crippen molar-refractivity contribution in [3.8, 4) is 17.6 Å². The molecule has 0 aromatic heterocycles. The molecule has 5 nitrogen and oxygen atoms in total. The summed E-state index contributed by atoms with van der Waals surface area (Å²) in [6.07, 6.45) is 3.18. The minimum Gasteiger partial charge on any atom is -0.489 e. The van der Waals surface area contributed by atoms with Crippen LogP contribution in [-0.2, 0) is 11.4 Å². The minimum absolute atomic E-state index is 0.0129. The largest absolute Gasteiger partial charge is 0.489 e. The fraction of sp³-hybridized carbons (Fsp3) is 0.0769. The van der Waals surface area contributed by atoms with E-state index in [4.69, 9.17) is 9.47 Å². The number of carbonyl (C=O) groups excluding carboxylic acids is 1. The zero-order valence-electron chi connectivity index (χ0n) is 17.3. The number of amides is 1. The Morgan fingerprint density at radius 1 is 1.06 bits per heavy atom. The zero-order valence-corrected chi connectivity index (χ0v) is 18.8. The highest BCUT2D eigenvalue weighted by Gasteiger charge is 2.11. The van der Waals surface area contributed by atoms with Gasteiger partial charge in [0.1, 0.15) is 36.4 Å². The van der Waals surface area contributed by atoms with Gasteiger partial charge in [-0.05, 0) is 69.5 Å². The number of carbonyl (C=O) groups is 1. The number of rotatable bonds is 9. The molecule has 0 aliphatic carbocycles. The van der Waals surface area contributed by atoms with Gasteiger partial charge in [-0.1, -0.05) is 49.1 Å². The number of anilines is 1. The van der Waals surface area contributed by atoms with Crippen LogP contribution in [0.2, 0.25) is 0 Å². The molecule has 0 atom stereocenters. The molecule has 0 aliphatic heterocycles. The molecule has 0 spiro atoms. The summed E-state index contributed by atoms with van der Waals surface area (Å²) in [5.74, 6) is 0.847. The van der Waals surface area contributed by atoms with E-state index in [9.17, 15) is 10.1 Å². The van der Waals surface area contributed by atoms with Crippen LogP contribution in [0.5, 0.6) is 11.5 Å². The lowest BCUT2D eigenvalue weighted by molar-refractivity contribution is -0.112. The summed E-state index contributed by atoms with van der Waals surface area (Å²) in [4.78, 5) is 12.6. The molecule has 1 amide bonds. The summed E-state index contributed by atoms with van der Waals surface area (Å²) in [5, 5.41) is 12.2. The Bertz CT molecular complexity index is 1150. The van der Waals surface area contributed by atoms with Crippen LogP contribution >= 0.6 is 15.9 Å². The van der Waals surface area contributed by atoms with Gasteiger partial charge in [0.2, 0.25) is 0 Å². The second kappa shape index (κ2) is 11.5. The minimum atomic E-state index is -0.492. The summed E-state index contributed by atoms with van der Waals surface area (Å²) in [6.45, 7) is 4.46. The molecular weight excluding hydrogens is 468 g/mol. The molecule has 3 aromatic carbocycles. The number of halogens is 1. The standard InChI is InChI=1S/C26H21BrN2O3/c1-2-14-31-25-13-8-20(16-24(25)27)15-21(17-28)26(30)29-22-9-11-23(12-10-22)32-18-19-6-4-3-5-7-19/h2-13,15-16H,1,14,18H2,(H,29,30)/b21-15+. The molecule has 0 bridgehead atoms. The average molecular weight is 489 g/mol. The monoisotopic (exact) mass is 488 g/mol. The summed E-state index contributed by atoms with van der Waals surface area (Å²) < 4.78 is 12.0. The predicted molar refractivity (Wildman–Crippen MR) is 129 cm³/mol. The molecule has 1 N–H and O–H groups in total. The first-order valence-electron chi connectivity index (χ1n) is 9.82. The van der Waals surface area contributed by atoms with E-state index in [0.717, 1.165) is 10.0 Å². The van der Waals surface area contributed by atoms with Crippen LogP contribution in [0.4, 0.5) is 5.69 Å². The first-order valence-corrected chi connectivity index (χ1v) is 10.6. The van der Waals surface area contributed by atoms with Crippen molar-refractivity contribution in [3.05, 3.63) is 107 Å². The number of nitriles is 1. The fourth-order valence-corrected chi connectivity index (χ4v) is 3.27. The van der Waals surface area contributed by atoms with Gasteiger partial charge >= 0.3 is 0 Å². The van der Waals surface area contributed by atoms with Gasteiger partial charge in [-0.2, -0.15) is 5.26 Å². The van der Waals surface area contributed by atoms with E-state index in [-0.39, 0.29) is 5.57 Å². The third-order valence-corrected chi connectivity index (χ3v) is 4.97. The smallest absolute Gasteiger partial charge is 0.266 e.